The summed E-state index contributed by atoms with van der Waals surface area (Å²) in [6, 6.07) is -2.02. The second-order valence-electron chi connectivity index (χ2n) is 6.17. The van der Waals surface area contributed by atoms with E-state index in [1.165, 1.54) is 6.92 Å². The number of carboxylic acid groups (broad SMARTS) is 1. The number of nitrogens with two attached hydrogens (primary N) is 2. The van der Waals surface area contributed by atoms with Gasteiger partial charge >= 0.3 is 5.97 Å². The number of aliphatic hydroxyl groups is 2. The second-order valence-corrected chi connectivity index (χ2v) is 6.17. The van der Waals surface area contributed by atoms with Crippen LogP contribution in [0, 0.1) is 11.8 Å². The molecular weight excluding hydrogens is 329 g/mol. The van der Waals surface area contributed by atoms with Crippen LogP contribution in [-0.2, 0) is 9.59 Å². The van der Waals surface area contributed by atoms with Crippen LogP contribution >= 0.6 is 0 Å². The van der Waals surface area contributed by atoms with E-state index in [1.807, 2.05) is 0 Å². The number of aliphatic imine (C=N–C) groups is 1. The minimum atomic E-state index is -1.08. The molecule has 9 N–H and O–H groups in total. The average molecular weight is 356 g/mol. The van der Waals surface area contributed by atoms with Crippen LogP contribution in [0.15, 0.2) is 4.99 Å². The van der Waals surface area contributed by atoms with E-state index >= 15 is 0 Å². The first kappa shape index (κ1) is 21.2. The molecule has 0 aliphatic heterocycles. The fourth-order valence-electron chi connectivity index (χ4n) is 3.53. The van der Waals surface area contributed by atoms with Crippen LogP contribution in [0.25, 0.3) is 0 Å². The first-order chi connectivity index (χ1) is 11.7. The lowest BCUT2D eigenvalue weighted by Crippen LogP contribution is -2.56. The second kappa shape index (κ2) is 9.59. The Hall–Kier alpha value is -1.85. The van der Waals surface area contributed by atoms with Gasteiger partial charge in [0, 0.05) is 25.5 Å². The maximum Gasteiger partial charge on any atom is 0.308 e. The third-order valence-corrected chi connectivity index (χ3v) is 4.40. The molecule has 1 rings (SSSR count). The molecule has 1 saturated carbocycles. The molecule has 1 aliphatic rings. The molecule has 0 aromatic rings. The third kappa shape index (κ3) is 5.58. The Morgan fingerprint density at radius 2 is 2.04 bits per heavy atom. The fraction of sp³-hybridized carbons (Fsp3) is 0.786. The minimum Gasteiger partial charge on any atom is -0.481 e. The van der Waals surface area contributed by atoms with Crippen molar-refractivity contribution >= 4 is 25.3 Å². The first-order valence-corrected chi connectivity index (χ1v) is 8.14. The van der Waals surface area contributed by atoms with Gasteiger partial charge in [-0.25, -0.2) is 4.99 Å². The van der Waals surface area contributed by atoms with Crippen LogP contribution in [0.3, 0.4) is 0 Å². The highest BCUT2D eigenvalue weighted by molar-refractivity contribution is 6.30. The van der Waals surface area contributed by atoms with Gasteiger partial charge in [-0.3, -0.25) is 9.59 Å². The number of hydrogen-bond acceptors (Lipinski definition) is 6. The van der Waals surface area contributed by atoms with E-state index in [2.05, 4.69) is 15.5 Å². The normalized spacial score (nSPS) is 28.0. The maximum atomic E-state index is 11.6. The van der Waals surface area contributed by atoms with E-state index in [1.54, 1.807) is 14.2 Å². The number of amides is 1. The highest BCUT2D eigenvalue weighted by Crippen LogP contribution is 2.37. The molecule has 0 aromatic heterocycles. The van der Waals surface area contributed by atoms with Crippen molar-refractivity contribution in [2.45, 2.75) is 50.8 Å². The number of carbonyl (C=O) groups is 2. The molecule has 1 aliphatic carbocycles. The van der Waals surface area contributed by atoms with Crippen LogP contribution in [0.5, 0.6) is 0 Å². The summed E-state index contributed by atoms with van der Waals surface area (Å²) in [4.78, 5) is 27.4. The summed E-state index contributed by atoms with van der Waals surface area (Å²) in [5.41, 5.74) is 10.9. The van der Waals surface area contributed by atoms with Gasteiger partial charge in [0.2, 0.25) is 13.3 Å². The van der Waals surface area contributed by atoms with Crippen LogP contribution in [0.1, 0.15) is 19.8 Å². The smallest absolute Gasteiger partial charge is 0.308 e. The Kier molecular flexibility index (Phi) is 8.13. The van der Waals surface area contributed by atoms with E-state index in [4.69, 9.17) is 16.6 Å². The largest absolute Gasteiger partial charge is 0.481 e. The van der Waals surface area contributed by atoms with Crippen molar-refractivity contribution < 1.29 is 24.9 Å². The lowest BCUT2D eigenvalue weighted by molar-refractivity contribution is -0.142. The molecule has 0 aromatic carbocycles. The standard InChI is InChI=1S/C14H27BN5O5/c1-6(22)18-12(9(23)3-4-21)10-8(19-14(16)17)5-7(13(24)25)11(10)20-15-2/h7-12,20-21,23H,3-5H2,1-2H3,(H,18,22)(H,24,25)(H4,16,17,19)/t7-,8+,9-,10-,11+,12+/m0/s1. The fourth-order valence-corrected chi connectivity index (χ4v) is 3.53. The number of guanidine groups is 1. The molecule has 25 heavy (non-hydrogen) atoms. The van der Waals surface area contributed by atoms with Crippen molar-refractivity contribution in [2.24, 2.45) is 28.3 Å². The van der Waals surface area contributed by atoms with Crippen molar-refractivity contribution in [1.29, 1.82) is 0 Å². The SMILES string of the molecule is C[B]N[C@H]1[C@@H]([C@H](NC(C)=O)[C@@H](O)CCO)[C@H](N=C(N)N)C[C@@H]1C(=O)O. The number of carbonyl (C=O) groups excluding carboxylic acids is 1. The highest BCUT2D eigenvalue weighted by atomic mass is 16.4. The van der Waals surface area contributed by atoms with Gasteiger partial charge in [0.25, 0.3) is 0 Å². The van der Waals surface area contributed by atoms with E-state index in [0.717, 1.165) is 0 Å². The molecule has 1 radical (unpaired) electrons. The molecule has 0 bridgehead atoms. The molecule has 6 atom stereocenters. The number of nitrogens with zero attached hydrogens (tertiary/aromatic N) is 1. The molecule has 11 heteroatoms. The third-order valence-electron chi connectivity index (χ3n) is 4.40. The minimum absolute atomic E-state index is 0.0241. The monoisotopic (exact) mass is 356 g/mol. The number of nitrogens with one attached hydrogen (secondary N) is 2. The average Bonchev–Trinajstić information content (AvgIpc) is 2.83. The van der Waals surface area contributed by atoms with Gasteiger partial charge < -0.3 is 37.3 Å². The summed E-state index contributed by atoms with van der Waals surface area (Å²) in [5.74, 6) is -2.98. The molecule has 0 saturated heterocycles. The van der Waals surface area contributed by atoms with E-state index < -0.39 is 42.0 Å². The maximum absolute atomic E-state index is 11.6. The van der Waals surface area contributed by atoms with E-state index in [9.17, 15) is 19.8 Å². The topological polar surface area (TPSA) is 183 Å². The zero-order valence-electron chi connectivity index (χ0n) is 14.4. The zero-order chi connectivity index (χ0) is 19.1. The van der Waals surface area contributed by atoms with Crippen molar-refractivity contribution in [1.82, 2.24) is 10.5 Å². The van der Waals surface area contributed by atoms with E-state index in [0.29, 0.717) is 0 Å². The number of hydrogen-bond donors (Lipinski definition) is 7. The first-order valence-electron chi connectivity index (χ1n) is 8.14. The van der Waals surface area contributed by atoms with Gasteiger partial charge in [-0.1, -0.05) is 6.82 Å². The Balaban J connectivity index is 3.30. The quantitative estimate of drug-likeness (QED) is 0.131. The zero-order valence-corrected chi connectivity index (χ0v) is 14.4. The highest BCUT2D eigenvalue weighted by Gasteiger charge is 2.51. The Morgan fingerprint density at radius 1 is 1.40 bits per heavy atom. The van der Waals surface area contributed by atoms with Crippen LogP contribution < -0.4 is 22.0 Å². The summed E-state index contributed by atoms with van der Waals surface area (Å²) >= 11 is 0. The van der Waals surface area contributed by atoms with Crippen LogP contribution in [0.4, 0.5) is 0 Å². The molecule has 1 amide bonds. The number of rotatable bonds is 9. The summed E-state index contributed by atoms with van der Waals surface area (Å²) in [6.07, 6.45) is -0.897. The predicted molar refractivity (Wildman–Crippen MR) is 92.7 cm³/mol. The van der Waals surface area contributed by atoms with Crippen molar-refractivity contribution in [3.05, 3.63) is 0 Å². The van der Waals surface area contributed by atoms with Gasteiger partial charge in [-0.2, -0.15) is 0 Å². The molecule has 0 heterocycles. The van der Waals surface area contributed by atoms with Crippen molar-refractivity contribution in [2.75, 3.05) is 6.61 Å². The van der Waals surface area contributed by atoms with Gasteiger partial charge in [0.15, 0.2) is 5.96 Å². The van der Waals surface area contributed by atoms with Gasteiger partial charge in [0.1, 0.15) is 0 Å². The number of aliphatic carboxylic acids is 1. The van der Waals surface area contributed by atoms with Crippen LogP contribution in [-0.4, -0.2) is 71.4 Å². The Bertz CT molecular complexity index is 502. The lowest BCUT2D eigenvalue weighted by atomic mass is 9.82. The molecule has 141 valence electrons. The van der Waals surface area contributed by atoms with Crippen LogP contribution in [0.2, 0.25) is 6.82 Å². The summed E-state index contributed by atoms with van der Waals surface area (Å²) in [7, 11) is 1.61. The Morgan fingerprint density at radius 3 is 2.48 bits per heavy atom. The summed E-state index contributed by atoms with van der Waals surface area (Å²) in [5, 5.41) is 34.7. The Labute approximate surface area is 147 Å². The molecule has 10 nitrogen and oxygen atoms in total. The lowest BCUT2D eigenvalue weighted by Gasteiger charge is -2.35. The van der Waals surface area contributed by atoms with Gasteiger partial charge in [-0.15, -0.1) is 0 Å². The summed E-state index contributed by atoms with van der Waals surface area (Å²) in [6.45, 7) is 2.73. The van der Waals surface area contributed by atoms with E-state index in [-0.39, 0.29) is 31.3 Å². The van der Waals surface area contributed by atoms with Crippen molar-refractivity contribution in [3.8, 4) is 0 Å². The molecular formula is C14H27BN5O5. The molecule has 0 unspecified atom stereocenters. The van der Waals surface area contributed by atoms with Gasteiger partial charge in [0.05, 0.1) is 24.1 Å². The molecule has 0 spiro atoms. The predicted octanol–water partition coefficient (Wildman–Crippen LogP) is -2.78. The molecule has 1 fully saturated rings. The summed E-state index contributed by atoms with van der Waals surface area (Å²) < 4.78 is 0. The van der Waals surface area contributed by atoms with Gasteiger partial charge in [-0.05, 0) is 12.8 Å². The van der Waals surface area contributed by atoms with Crippen molar-refractivity contribution in [3.63, 3.8) is 0 Å². The number of carboxylic acids is 1. The number of aliphatic hydroxyl groups excluding tert-OH is 2.